The van der Waals surface area contributed by atoms with Crippen molar-refractivity contribution in [3.8, 4) is 0 Å². The first-order valence-corrected chi connectivity index (χ1v) is 6.96. The maximum Gasteiger partial charge on any atom is 0.407 e. The number of hydrogen-bond acceptors (Lipinski definition) is 3. The summed E-state index contributed by atoms with van der Waals surface area (Å²) in [5, 5.41) is 2.92. The van der Waals surface area contributed by atoms with Crippen molar-refractivity contribution in [3.05, 3.63) is 47.7 Å². The van der Waals surface area contributed by atoms with Crippen LogP contribution in [0, 0.1) is 0 Å². The van der Waals surface area contributed by atoms with E-state index in [0.29, 0.717) is 6.61 Å². The molecule has 4 heteroatoms. The van der Waals surface area contributed by atoms with E-state index in [1.165, 1.54) is 5.57 Å². The van der Waals surface area contributed by atoms with Crippen molar-refractivity contribution in [2.45, 2.75) is 38.3 Å². The molecule has 1 aliphatic rings. The number of carbonyl (C=O) groups is 1. The number of ether oxygens (including phenoxy) is 2. The van der Waals surface area contributed by atoms with Crippen LogP contribution in [-0.2, 0) is 16.1 Å². The normalized spacial score (nSPS) is 18.2. The molecule has 1 N–H and O–H groups in total. The lowest BCUT2D eigenvalue weighted by Gasteiger charge is -2.24. The van der Waals surface area contributed by atoms with E-state index in [1.54, 1.807) is 7.11 Å². The molecule has 0 aromatic heterocycles. The molecule has 2 rings (SSSR count). The molecule has 1 saturated carbocycles. The first-order valence-electron chi connectivity index (χ1n) is 6.96. The molecule has 20 heavy (non-hydrogen) atoms. The van der Waals surface area contributed by atoms with Crippen molar-refractivity contribution in [2.75, 3.05) is 7.11 Å². The monoisotopic (exact) mass is 275 g/mol. The molecule has 1 aromatic rings. The lowest BCUT2D eigenvalue weighted by molar-refractivity contribution is 0.134. The Bertz CT molecular complexity index is 446. The number of carbonyl (C=O) groups excluding carboxylic acids is 1. The minimum atomic E-state index is -0.335. The van der Waals surface area contributed by atoms with Gasteiger partial charge >= 0.3 is 6.09 Å². The average Bonchev–Trinajstić information content (AvgIpc) is 2.49. The zero-order valence-electron chi connectivity index (χ0n) is 11.8. The summed E-state index contributed by atoms with van der Waals surface area (Å²) < 4.78 is 10.2. The van der Waals surface area contributed by atoms with E-state index in [9.17, 15) is 4.79 Å². The number of methoxy groups -OCH3 is 1. The Morgan fingerprint density at radius 1 is 1.30 bits per heavy atom. The lowest BCUT2D eigenvalue weighted by Crippen LogP contribution is -2.36. The van der Waals surface area contributed by atoms with Gasteiger partial charge in [0.15, 0.2) is 0 Å². The van der Waals surface area contributed by atoms with Crippen LogP contribution in [0.15, 0.2) is 42.2 Å². The molecule has 1 amide bonds. The molecular formula is C16H21NO3. The largest absolute Gasteiger partial charge is 0.504 e. The number of amides is 1. The number of rotatable bonds is 4. The number of benzene rings is 1. The third-order valence-electron chi connectivity index (χ3n) is 3.45. The zero-order valence-corrected chi connectivity index (χ0v) is 11.8. The average molecular weight is 275 g/mol. The van der Waals surface area contributed by atoms with Gasteiger partial charge in [0.25, 0.3) is 0 Å². The van der Waals surface area contributed by atoms with Crippen LogP contribution in [0.5, 0.6) is 0 Å². The van der Waals surface area contributed by atoms with Gasteiger partial charge < -0.3 is 14.8 Å². The third kappa shape index (κ3) is 4.61. The summed E-state index contributed by atoms with van der Waals surface area (Å²) in [6.07, 6.45) is 5.29. The van der Waals surface area contributed by atoms with E-state index in [-0.39, 0.29) is 12.1 Å². The van der Waals surface area contributed by atoms with Crippen molar-refractivity contribution in [1.29, 1.82) is 0 Å². The van der Waals surface area contributed by atoms with Gasteiger partial charge in [-0.2, -0.15) is 0 Å². The van der Waals surface area contributed by atoms with Crippen LogP contribution in [0.4, 0.5) is 4.79 Å². The predicted molar refractivity (Wildman–Crippen MR) is 77.1 cm³/mol. The van der Waals surface area contributed by atoms with Crippen molar-refractivity contribution in [1.82, 2.24) is 5.32 Å². The Morgan fingerprint density at radius 3 is 2.65 bits per heavy atom. The van der Waals surface area contributed by atoms with Crippen molar-refractivity contribution >= 4 is 6.09 Å². The third-order valence-corrected chi connectivity index (χ3v) is 3.45. The maximum atomic E-state index is 11.7. The Kier molecular flexibility index (Phi) is 5.47. The lowest BCUT2D eigenvalue weighted by atomic mass is 9.92. The summed E-state index contributed by atoms with van der Waals surface area (Å²) in [6, 6.07) is 9.89. The molecular weight excluding hydrogens is 254 g/mol. The van der Waals surface area contributed by atoms with Gasteiger partial charge in [0.05, 0.1) is 13.4 Å². The number of alkyl carbamates (subject to hydrolysis) is 1. The van der Waals surface area contributed by atoms with Gasteiger partial charge in [-0.3, -0.25) is 0 Å². The summed E-state index contributed by atoms with van der Waals surface area (Å²) in [5.74, 6) is 0. The Labute approximate surface area is 119 Å². The summed E-state index contributed by atoms with van der Waals surface area (Å²) in [5.41, 5.74) is 2.31. The first-order chi connectivity index (χ1) is 9.78. The van der Waals surface area contributed by atoms with Gasteiger partial charge in [-0.15, -0.1) is 0 Å². The van der Waals surface area contributed by atoms with E-state index >= 15 is 0 Å². The Balaban J connectivity index is 1.69. The molecule has 4 nitrogen and oxygen atoms in total. The molecule has 1 aromatic carbocycles. The maximum absolute atomic E-state index is 11.7. The molecule has 0 atom stereocenters. The second-order valence-corrected chi connectivity index (χ2v) is 4.99. The fraction of sp³-hybridized carbons (Fsp3) is 0.438. The van der Waals surface area contributed by atoms with Crippen molar-refractivity contribution in [3.63, 3.8) is 0 Å². The minimum Gasteiger partial charge on any atom is -0.504 e. The van der Waals surface area contributed by atoms with Crippen LogP contribution in [0.2, 0.25) is 0 Å². The molecule has 1 fully saturated rings. The van der Waals surface area contributed by atoms with Gasteiger partial charge in [0.1, 0.15) is 6.61 Å². The van der Waals surface area contributed by atoms with E-state index in [0.717, 1.165) is 31.2 Å². The molecule has 0 radical (unpaired) electrons. The quantitative estimate of drug-likeness (QED) is 0.857. The van der Waals surface area contributed by atoms with Gasteiger partial charge in [0, 0.05) is 6.04 Å². The summed E-state index contributed by atoms with van der Waals surface area (Å²) in [7, 11) is 1.66. The first kappa shape index (κ1) is 14.4. The second-order valence-electron chi connectivity index (χ2n) is 4.99. The fourth-order valence-corrected chi connectivity index (χ4v) is 2.35. The Morgan fingerprint density at radius 2 is 2.00 bits per heavy atom. The molecule has 0 heterocycles. The van der Waals surface area contributed by atoms with E-state index < -0.39 is 0 Å². The summed E-state index contributed by atoms with van der Waals surface area (Å²) in [4.78, 5) is 11.7. The standard InChI is InChI=1S/C16H21NO3/c1-19-11-14-7-9-15(10-8-14)17-16(18)20-12-13-5-3-2-4-6-13/h2-6,11,15H,7-10,12H2,1H3,(H,17,18). The van der Waals surface area contributed by atoms with E-state index in [2.05, 4.69) is 5.32 Å². The molecule has 1 aliphatic carbocycles. The van der Waals surface area contributed by atoms with E-state index in [4.69, 9.17) is 9.47 Å². The van der Waals surface area contributed by atoms with Crippen LogP contribution in [0.3, 0.4) is 0 Å². The smallest absolute Gasteiger partial charge is 0.407 e. The number of allylic oxidation sites excluding steroid dienone is 1. The minimum absolute atomic E-state index is 0.201. The highest BCUT2D eigenvalue weighted by atomic mass is 16.5. The van der Waals surface area contributed by atoms with Crippen LogP contribution < -0.4 is 5.32 Å². The highest BCUT2D eigenvalue weighted by Crippen LogP contribution is 2.23. The van der Waals surface area contributed by atoms with Crippen LogP contribution in [0.1, 0.15) is 31.2 Å². The molecule has 0 bridgehead atoms. The topological polar surface area (TPSA) is 47.6 Å². The highest BCUT2D eigenvalue weighted by Gasteiger charge is 2.19. The van der Waals surface area contributed by atoms with Crippen LogP contribution in [-0.4, -0.2) is 19.2 Å². The van der Waals surface area contributed by atoms with Gasteiger partial charge in [-0.05, 0) is 36.8 Å². The molecule has 0 saturated heterocycles. The van der Waals surface area contributed by atoms with Gasteiger partial charge in [0.2, 0.25) is 0 Å². The SMILES string of the molecule is COC=C1CCC(NC(=O)OCc2ccccc2)CC1. The van der Waals surface area contributed by atoms with E-state index in [1.807, 2.05) is 36.6 Å². The molecule has 0 spiro atoms. The predicted octanol–water partition coefficient (Wildman–Crippen LogP) is 3.39. The van der Waals surface area contributed by atoms with Crippen molar-refractivity contribution in [2.24, 2.45) is 0 Å². The zero-order chi connectivity index (χ0) is 14.2. The summed E-state index contributed by atoms with van der Waals surface area (Å²) >= 11 is 0. The Hall–Kier alpha value is -1.97. The van der Waals surface area contributed by atoms with Crippen LogP contribution >= 0.6 is 0 Å². The molecule has 0 unspecified atom stereocenters. The van der Waals surface area contributed by atoms with Crippen molar-refractivity contribution < 1.29 is 14.3 Å². The molecule has 0 aliphatic heterocycles. The number of hydrogen-bond donors (Lipinski definition) is 1. The second kappa shape index (κ2) is 7.58. The highest BCUT2D eigenvalue weighted by molar-refractivity contribution is 5.67. The number of nitrogens with one attached hydrogen (secondary N) is 1. The van der Waals surface area contributed by atoms with Crippen LogP contribution in [0.25, 0.3) is 0 Å². The summed E-state index contributed by atoms with van der Waals surface area (Å²) in [6.45, 7) is 0.314. The molecule has 108 valence electrons. The fourth-order valence-electron chi connectivity index (χ4n) is 2.35. The van der Waals surface area contributed by atoms with Gasteiger partial charge in [-0.1, -0.05) is 30.3 Å². The van der Waals surface area contributed by atoms with Gasteiger partial charge in [-0.25, -0.2) is 4.79 Å².